The van der Waals surface area contributed by atoms with Crippen LogP contribution in [0, 0.1) is 12.8 Å². The molecule has 0 radical (unpaired) electrons. The predicted molar refractivity (Wildman–Crippen MR) is 109 cm³/mol. The standard InChI is InChI=1S/C22H25N3O3/c1-16-6-8-20(23-15-16)24-22(27)18-10-12-25(13-11-18)21(26)9-7-17-4-3-5-19(14-17)28-2/h3-9,14-15,18H,10-13H2,1-2H3,(H,23,24,27)/b9-7+. The van der Waals surface area contributed by atoms with Crippen molar-refractivity contribution in [2.24, 2.45) is 5.92 Å². The summed E-state index contributed by atoms with van der Waals surface area (Å²) in [5.74, 6) is 1.14. The second-order valence-electron chi connectivity index (χ2n) is 6.92. The largest absolute Gasteiger partial charge is 0.497 e. The van der Waals surface area contributed by atoms with Crippen molar-refractivity contribution in [3.05, 3.63) is 59.8 Å². The number of benzene rings is 1. The molecule has 1 saturated heterocycles. The number of rotatable bonds is 5. The summed E-state index contributed by atoms with van der Waals surface area (Å²) in [6, 6.07) is 11.3. The van der Waals surface area contributed by atoms with Crippen LogP contribution in [0.15, 0.2) is 48.7 Å². The van der Waals surface area contributed by atoms with Crippen LogP contribution in [0.4, 0.5) is 5.82 Å². The number of anilines is 1. The summed E-state index contributed by atoms with van der Waals surface area (Å²) in [6.45, 7) is 3.09. The number of carbonyl (C=O) groups excluding carboxylic acids is 2. The first kappa shape index (κ1) is 19.6. The lowest BCUT2D eigenvalue weighted by Crippen LogP contribution is -2.40. The van der Waals surface area contributed by atoms with Gasteiger partial charge in [0.15, 0.2) is 0 Å². The maximum Gasteiger partial charge on any atom is 0.246 e. The second-order valence-corrected chi connectivity index (χ2v) is 6.92. The van der Waals surface area contributed by atoms with Crippen molar-refractivity contribution in [3.63, 3.8) is 0 Å². The molecule has 3 rings (SSSR count). The molecule has 0 aliphatic carbocycles. The molecule has 0 saturated carbocycles. The summed E-state index contributed by atoms with van der Waals surface area (Å²) < 4.78 is 5.19. The Morgan fingerprint density at radius 3 is 2.68 bits per heavy atom. The van der Waals surface area contributed by atoms with Crippen molar-refractivity contribution in [2.75, 3.05) is 25.5 Å². The van der Waals surface area contributed by atoms with E-state index in [9.17, 15) is 9.59 Å². The van der Waals surface area contributed by atoms with E-state index in [0.717, 1.165) is 16.9 Å². The van der Waals surface area contributed by atoms with Crippen LogP contribution in [0.25, 0.3) is 6.08 Å². The molecular formula is C22H25N3O3. The number of amides is 2. The first-order chi connectivity index (χ1) is 13.5. The summed E-state index contributed by atoms with van der Waals surface area (Å²) in [5, 5.41) is 2.86. The van der Waals surface area contributed by atoms with Crippen molar-refractivity contribution in [1.29, 1.82) is 0 Å². The fourth-order valence-electron chi connectivity index (χ4n) is 3.15. The summed E-state index contributed by atoms with van der Waals surface area (Å²) >= 11 is 0. The molecule has 1 aromatic carbocycles. The van der Waals surface area contributed by atoms with Gasteiger partial charge >= 0.3 is 0 Å². The van der Waals surface area contributed by atoms with E-state index in [4.69, 9.17) is 4.74 Å². The molecule has 6 nitrogen and oxygen atoms in total. The number of piperidine rings is 1. The molecule has 146 valence electrons. The van der Waals surface area contributed by atoms with E-state index in [1.165, 1.54) is 0 Å². The maximum absolute atomic E-state index is 12.4. The van der Waals surface area contributed by atoms with Gasteiger partial charge in [-0.05, 0) is 55.2 Å². The van der Waals surface area contributed by atoms with E-state index >= 15 is 0 Å². The average Bonchev–Trinajstić information content (AvgIpc) is 2.74. The van der Waals surface area contributed by atoms with Gasteiger partial charge in [-0.25, -0.2) is 4.98 Å². The lowest BCUT2D eigenvalue weighted by Gasteiger charge is -2.30. The highest BCUT2D eigenvalue weighted by atomic mass is 16.5. The second kappa shape index (κ2) is 9.17. The van der Waals surface area contributed by atoms with E-state index in [1.807, 2.05) is 37.3 Å². The number of hydrogen-bond acceptors (Lipinski definition) is 4. The molecule has 1 fully saturated rings. The molecule has 2 aromatic rings. The van der Waals surface area contributed by atoms with Crippen molar-refractivity contribution >= 4 is 23.7 Å². The Kier molecular flexibility index (Phi) is 6.42. The monoisotopic (exact) mass is 379 g/mol. The molecule has 0 bridgehead atoms. The summed E-state index contributed by atoms with van der Waals surface area (Å²) in [4.78, 5) is 30.8. The smallest absolute Gasteiger partial charge is 0.246 e. The van der Waals surface area contributed by atoms with Crippen molar-refractivity contribution in [3.8, 4) is 5.75 Å². The van der Waals surface area contributed by atoms with E-state index in [0.29, 0.717) is 31.7 Å². The fourth-order valence-corrected chi connectivity index (χ4v) is 3.15. The fraction of sp³-hybridized carbons (Fsp3) is 0.318. The summed E-state index contributed by atoms with van der Waals surface area (Å²) in [5.41, 5.74) is 1.96. The first-order valence-corrected chi connectivity index (χ1v) is 9.40. The van der Waals surface area contributed by atoms with Crippen LogP contribution >= 0.6 is 0 Å². The highest BCUT2D eigenvalue weighted by Crippen LogP contribution is 2.20. The summed E-state index contributed by atoms with van der Waals surface area (Å²) in [6.07, 6.45) is 6.39. The van der Waals surface area contributed by atoms with Crippen LogP contribution in [0.1, 0.15) is 24.0 Å². The van der Waals surface area contributed by atoms with Crippen molar-refractivity contribution in [2.45, 2.75) is 19.8 Å². The van der Waals surface area contributed by atoms with E-state index in [1.54, 1.807) is 36.4 Å². The molecule has 1 aromatic heterocycles. The Bertz CT molecular complexity index is 854. The SMILES string of the molecule is COc1cccc(/C=C/C(=O)N2CCC(C(=O)Nc3ccc(C)cn3)CC2)c1. The van der Waals surface area contributed by atoms with Gasteiger partial charge in [-0.2, -0.15) is 0 Å². The minimum Gasteiger partial charge on any atom is -0.497 e. The van der Waals surface area contributed by atoms with Crippen LogP contribution in [0.5, 0.6) is 5.75 Å². The van der Waals surface area contributed by atoms with Gasteiger partial charge in [0.2, 0.25) is 11.8 Å². The Labute approximate surface area is 165 Å². The number of methoxy groups -OCH3 is 1. The zero-order chi connectivity index (χ0) is 19.9. The van der Waals surface area contributed by atoms with E-state index < -0.39 is 0 Å². The molecule has 6 heteroatoms. The third kappa shape index (κ3) is 5.19. The Hall–Kier alpha value is -3.15. The number of aromatic nitrogens is 1. The molecule has 28 heavy (non-hydrogen) atoms. The van der Waals surface area contributed by atoms with Gasteiger partial charge in [0.25, 0.3) is 0 Å². The van der Waals surface area contributed by atoms with E-state index in [-0.39, 0.29) is 17.7 Å². The molecular weight excluding hydrogens is 354 g/mol. The number of hydrogen-bond donors (Lipinski definition) is 1. The van der Waals surface area contributed by atoms with Crippen LogP contribution in [-0.4, -0.2) is 41.9 Å². The highest BCUT2D eigenvalue weighted by Gasteiger charge is 2.26. The van der Waals surface area contributed by atoms with Crippen molar-refractivity contribution < 1.29 is 14.3 Å². The Morgan fingerprint density at radius 2 is 2.00 bits per heavy atom. The van der Waals surface area contributed by atoms with Gasteiger partial charge in [-0.3, -0.25) is 9.59 Å². The zero-order valence-corrected chi connectivity index (χ0v) is 16.2. The molecule has 1 aliphatic rings. The van der Waals surface area contributed by atoms with Crippen LogP contribution in [-0.2, 0) is 9.59 Å². The van der Waals surface area contributed by atoms with Crippen LogP contribution in [0.3, 0.4) is 0 Å². The normalized spacial score (nSPS) is 14.9. The Morgan fingerprint density at radius 1 is 1.21 bits per heavy atom. The number of ether oxygens (including phenoxy) is 1. The quantitative estimate of drug-likeness (QED) is 0.809. The highest BCUT2D eigenvalue weighted by molar-refractivity contribution is 5.93. The van der Waals surface area contributed by atoms with Gasteiger partial charge in [0, 0.05) is 31.3 Å². The number of nitrogens with zero attached hydrogens (tertiary/aromatic N) is 2. The first-order valence-electron chi connectivity index (χ1n) is 9.40. The summed E-state index contributed by atoms with van der Waals surface area (Å²) in [7, 11) is 1.61. The molecule has 2 heterocycles. The Balaban J connectivity index is 1.50. The van der Waals surface area contributed by atoms with Crippen LogP contribution in [0.2, 0.25) is 0 Å². The third-order valence-electron chi connectivity index (χ3n) is 4.85. The lowest BCUT2D eigenvalue weighted by atomic mass is 9.96. The van der Waals surface area contributed by atoms with Gasteiger partial charge in [-0.1, -0.05) is 18.2 Å². The third-order valence-corrected chi connectivity index (χ3v) is 4.85. The average molecular weight is 379 g/mol. The minimum absolute atomic E-state index is 0.0321. The number of carbonyl (C=O) groups is 2. The predicted octanol–water partition coefficient (Wildman–Crippen LogP) is 3.29. The molecule has 0 unspecified atom stereocenters. The molecule has 1 N–H and O–H groups in total. The molecule has 0 spiro atoms. The maximum atomic E-state index is 12.4. The minimum atomic E-state index is -0.102. The van der Waals surface area contributed by atoms with Crippen LogP contribution < -0.4 is 10.1 Å². The van der Waals surface area contributed by atoms with E-state index in [2.05, 4.69) is 10.3 Å². The molecule has 2 amide bonds. The molecule has 0 atom stereocenters. The topological polar surface area (TPSA) is 71.5 Å². The number of likely N-dealkylation sites (tertiary alicyclic amines) is 1. The van der Waals surface area contributed by atoms with Gasteiger partial charge in [-0.15, -0.1) is 0 Å². The van der Waals surface area contributed by atoms with Crippen molar-refractivity contribution in [1.82, 2.24) is 9.88 Å². The number of pyridine rings is 1. The lowest BCUT2D eigenvalue weighted by molar-refractivity contribution is -0.130. The zero-order valence-electron chi connectivity index (χ0n) is 16.2. The van der Waals surface area contributed by atoms with Gasteiger partial charge in [0.05, 0.1) is 7.11 Å². The van der Waals surface area contributed by atoms with Gasteiger partial charge < -0.3 is 15.0 Å². The van der Waals surface area contributed by atoms with Gasteiger partial charge in [0.1, 0.15) is 11.6 Å². The number of nitrogens with one attached hydrogen (secondary N) is 1. The molecule has 1 aliphatic heterocycles. The number of aryl methyl sites for hydroxylation is 1.